The molecule has 22 heavy (non-hydrogen) atoms. The molecule has 0 unspecified atom stereocenters. The van der Waals surface area contributed by atoms with Gasteiger partial charge in [-0.15, -0.1) is 0 Å². The molecule has 0 bridgehead atoms. The average molecular weight is 300 g/mol. The van der Waals surface area contributed by atoms with Crippen LogP contribution >= 0.6 is 0 Å². The van der Waals surface area contributed by atoms with E-state index in [1.54, 1.807) is 6.20 Å². The van der Waals surface area contributed by atoms with Gasteiger partial charge >= 0.3 is 0 Å². The summed E-state index contributed by atoms with van der Waals surface area (Å²) in [6.45, 7) is 6.35. The van der Waals surface area contributed by atoms with Crippen LogP contribution in [-0.2, 0) is 13.1 Å². The van der Waals surface area contributed by atoms with Gasteiger partial charge in [0, 0.05) is 32.0 Å². The molecule has 4 heteroatoms. The minimum atomic E-state index is 0.141. The summed E-state index contributed by atoms with van der Waals surface area (Å²) in [5.41, 5.74) is 2.32. The molecule has 4 nitrogen and oxygen atoms in total. The van der Waals surface area contributed by atoms with Crippen molar-refractivity contribution in [2.75, 3.05) is 13.2 Å². The molecule has 1 N–H and O–H groups in total. The standard InChI is InChI=1S/C18H24N2O2/c1-15(2)22-18-7-3-5-16(11-18)13-20(9-10-21)14-17-6-4-8-19-12-17/h3-8,11-12,15,21H,9-10,13-14H2,1-2H3. The molecule has 2 rings (SSSR count). The molecule has 0 fully saturated rings. The molecule has 2 aromatic rings. The van der Waals surface area contributed by atoms with Crippen molar-refractivity contribution in [1.29, 1.82) is 0 Å². The second kappa shape index (κ2) is 8.51. The van der Waals surface area contributed by atoms with Crippen LogP contribution in [0.25, 0.3) is 0 Å². The summed E-state index contributed by atoms with van der Waals surface area (Å²) < 4.78 is 5.74. The number of aliphatic hydroxyl groups is 1. The van der Waals surface area contributed by atoms with Crippen LogP contribution < -0.4 is 4.74 Å². The zero-order valence-electron chi connectivity index (χ0n) is 13.3. The van der Waals surface area contributed by atoms with Crippen molar-refractivity contribution < 1.29 is 9.84 Å². The molecule has 1 heterocycles. The van der Waals surface area contributed by atoms with E-state index in [4.69, 9.17) is 4.74 Å². The van der Waals surface area contributed by atoms with Crippen molar-refractivity contribution in [1.82, 2.24) is 9.88 Å². The number of aliphatic hydroxyl groups excluding tert-OH is 1. The lowest BCUT2D eigenvalue weighted by Gasteiger charge is -2.22. The zero-order valence-corrected chi connectivity index (χ0v) is 13.3. The molecule has 0 amide bonds. The van der Waals surface area contributed by atoms with Gasteiger partial charge in [0.25, 0.3) is 0 Å². The Balaban J connectivity index is 2.04. The number of nitrogens with zero attached hydrogens (tertiary/aromatic N) is 2. The van der Waals surface area contributed by atoms with Gasteiger partial charge in [-0.05, 0) is 43.2 Å². The van der Waals surface area contributed by atoms with Gasteiger partial charge in [0.2, 0.25) is 0 Å². The highest BCUT2D eigenvalue weighted by atomic mass is 16.5. The van der Waals surface area contributed by atoms with Crippen molar-refractivity contribution in [3.05, 3.63) is 59.9 Å². The largest absolute Gasteiger partial charge is 0.491 e. The fraction of sp³-hybridized carbons (Fsp3) is 0.389. The van der Waals surface area contributed by atoms with Crippen LogP contribution in [0.5, 0.6) is 5.75 Å². The number of hydrogen-bond acceptors (Lipinski definition) is 4. The van der Waals surface area contributed by atoms with Crippen molar-refractivity contribution in [2.45, 2.75) is 33.0 Å². The Morgan fingerprint density at radius 2 is 1.91 bits per heavy atom. The van der Waals surface area contributed by atoms with Crippen LogP contribution in [0.3, 0.4) is 0 Å². The second-order valence-electron chi connectivity index (χ2n) is 5.61. The van der Waals surface area contributed by atoms with Crippen LogP contribution in [0.1, 0.15) is 25.0 Å². The van der Waals surface area contributed by atoms with Crippen molar-refractivity contribution in [3.8, 4) is 5.75 Å². The van der Waals surface area contributed by atoms with Crippen LogP contribution in [0.2, 0.25) is 0 Å². The highest BCUT2D eigenvalue weighted by Crippen LogP contribution is 2.17. The smallest absolute Gasteiger partial charge is 0.120 e. The van der Waals surface area contributed by atoms with Gasteiger partial charge in [0.1, 0.15) is 5.75 Å². The molecule has 1 aromatic carbocycles. The van der Waals surface area contributed by atoms with E-state index in [2.05, 4.69) is 28.1 Å². The molecule has 0 atom stereocenters. The van der Waals surface area contributed by atoms with Crippen LogP contribution in [0, 0.1) is 0 Å². The Bertz CT molecular complexity index is 558. The summed E-state index contributed by atoms with van der Waals surface area (Å²) >= 11 is 0. The Morgan fingerprint density at radius 3 is 2.59 bits per heavy atom. The molecule has 0 aliphatic carbocycles. The van der Waals surface area contributed by atoms with Crippen LogP contribution in [-0.4, -0.2) is 34.2 Å². The molecule has 0 spiro atoms. The van der Waals surface area contributed by atoms with E-state index in [-0.39, 0.29) is 12.7 Å². The van der Waals surface area contributed by atoms with Gasteiger partial charge < -0.3 is 9.84 Å². The first-order valence-corrected chi connectivity index (χ1v) is 7.65. The van der Waals surface area contributed by atoms with Gasteiger partial charge in [-0.1, -0.05) is 18.2 Å². The minimum absolute atomic E-state index is 0.141. The van der Waals surface area contributed by atoms with Crippen molar-refractivity contribution >= 4 is 0 Å². The number of aromatic nitrogens is 1. The third kappa shape index (κ3) is 5.47. The molecule has 0 saturated carbocycles. The quantitative estimate of drug-likeness (QED) is 0.814. The predicted molar refractivity (Wildman–Crippen MR) is 87.6 cm³/mol. The maximum Gasteiger partial charge on any atom is 0.120 e. The first-order chi connectivity index (χ1) is 10.7. The number of rotatable bonds is 8. The topological polar surface area (TPSA) is 45.6 Å². The summed E-state index contributed by atoms with van der Waals surface area (Å²) in [4.78, 5) is 6.34. The number of hydrogen-bond donors (Lipinski definition) is 1. The third-order valence-corrected chi connectivity index (χ3v) is 3.22. The van der Waals surface area contributed by atoms with Crippen molar-refractivity contribution in [2.24, 2.45) is 0 Å². The number of pyridine rings is 1. The Labute approximate surface area is 132 Å². The van der Waals surface area contributed by atoms with Gasteiger partial charge in [0.15, 0.2) is 0 Å². The molecule has 0 aliphatic rings. The summed E-state index contributed by atoms with van der Waals surface area (Å²) in [5, 5.41) is 9.28. The van der Waals surface area contributed by atoms with E-state index < -0.39 is 0 Å². The highest BCUT2D eigenvalue weighted by molar-refractivity contribution is 5.28. The molecule has 0 radical (unpaired) electrons. The van der Waals surface area contributed by atoms with Crippen LogP contribution in [0.4, 0.5) is 0 Å². The molecule has 0 aliphatic heterocycles. The van der Waals surface area contributed by atoms with E-state index >= 15 is 0 Å². The van der Waals surface area contributed by atoms with Crippen LogP contribution in [0.15, 0.2) is 48.8 Å². The Hall–Kier alpha value is -1.91. The first kappa shape index (κ1) is 16.5. The SMILES string of the molecule is CC(C)Oc1cccc(CN(CCO)Cc2cccnc2)c1. The fourth-order valence-corrected chi connectivity index (χ4v) is 2.35. The predicted octanol–water partition coefficient (Wildman–Crippen LogP) is 2.86. The molecular weight excluding hydrogens is 276 g/mol. The molecule has 118 valence electrons. The number of ether oxygens (including phenoxy) is 1. The Kier molecular flexibility index (Phi) is 6.37. The fourth-order valence-electron chi connectivity index (χ4n) is 2.35. The maximum absolute atomic E-state index is 9.28. The monoisotopic (exact) mass is 300 g/mol. The molecule has 1 aromatic heterocycles. The van der Waals surface area contributed by atoms with E-state index in [1.807, 2.05) is 38.2 Å². The normalized spacial score (nSPS) is 11.1. The van der Waals surface area contributed by atoms with E-state index in [9.17, 15) is 5.11 Å². The number of benzene rings is 1. The first-order valence-electron chi connectivity index (χ1n) is 7.65. The lowest BCUT2D eigenvalue weighted by Crippen LogP contribution is -2.26. The average Bonchev–Trinajstić information content (AvgIpc) is 2.48. The van der Waals surface area contributed by atoms with E-state index in [0.717, 1.165) is 24.4 Å². The lowest BCUT2D eigenvalue weighted by atomic mass is 10.2. The third-order valence-electron chi connectivity index (χ3n) is 3.22. The molecular formula is C18H24N2O2. The van der Waals surface area contributed by atoms with E-state index in [0.29, 0.717) is 6.54 Å². The van der Waals surface area contributed by atoms with Gasteiger partial charge in [-0.3, -0.25) is 9.88 Å². The summed E-state index contributed by atoms with van der Waals surface area (Å²) in [5.74, 6) is 0.887. The second-order valence-corrected chi connectivity index (χ2v) is 5.61. The zero-order chi connectivity index (χ0) is 15.8. The molecule has 0 saturated heterocycles. The maximum atomic E-state index is 9.28. The lowest BCUT2D eigenvalue weighted by molar-refractivity contribution is 0.184. The van der Waals surface area contributed by atoms with Crippen molar-refractivity contribution in [3.63, 3.8) is 0 Å². The van der Waals surface area contributed by atoms with Gasteiger partial charge in [-0.25, -0.2) is 0 Å². The highest BCUT2D eigenvalue weighted by Gasteiger charge is 2.08. The van der Waals surface area contributed by atoms with Gasteiger partial charge in [-0.2, -0.15) is 0 Å². The summed E-state index contributed by atoms with van der Waals surface area (Å²) in [6, 6.07) is 12.1. The van der Waals surface area contributed by atoms with Gasteiger partial charge in [0.05, 0.1) is 12.7 Å². The van der Waals surface area contributed by atoms with E-state index in [1.165, 1.54) is 5.56 Å². The minimum Gasteiger partial charge on any atom is -0.491 e. The Morgan fingerprint density at radius 1 is 1.14 bits per heavy atom. The summed E-state index contributed by atoms with van der Waals surface area (Å²) in [6.07, 6.45) is 3.80. The summed E-state index contributed by atoms with van der Waals surface area (Å²) in [7, 11) is 0.